The van der Waals surface area contributed by atoms with E-state index in [0.717, 1.165) is 16.5 Å². The van der Waals surface area contributed by atoms with Crippen molar-refractivity contribution in [3.8, 4) is 0 Å². The zero-order valence-electron chi connectivity index (χ0n) is 12.0. The monoisotopic (exact) mass is 305 g/mol. The summed E-state index contributed by atoms with van der Waals surface area (Å²) in [6.07, 6.45) is 1.76. The Morgan fingerprint density at radius 2 is 1.91 bits per heavy atom. The van der Waals surface area contributed by atoms with Crippen molar-refractivity contribution < 1.29 is 10.0 Å². The molecule has 0 spiro atoms. The molecule has 0 atom stereocenters. The van der Waals surface area contributed by atoms with Gasteiger partial charge in [-0.15, -0.1) is 5.10 Å². The molecular formula is C15H12BN5O2. The molecule has 0 radical (unpaired) electrons. The molecule has 0 aliphatic carbocycles. The van der Waals surface area contributed by atoms with Crippen LogP contribution in [0.3, 0.4) is 0 Å². The van der Waals surface area contributed by atoms with Gasteiger partial charge in [0, 0.05) is 11.6 Å². The summed E-state index contributed by atoms with van der Waals surface area (Å²) in [4.78, 5) is 8.52. The van der Waals surface area contributed by atoms with Crippen molar-refractivity contribution >= 4 is 34.8 Å². The fraction of sp³-hybridized carbons (Fsp3) is 0.0667. The molecule has 4 aromatic rings. The summed E-state index contributed by atoms with van der Waals surface area (Å²) in [5.74, 6) is 0. The smallest absolute Gasteiger partial charge is 0.422 e. The maximum Gasteiger partial charge on any atom is 0.508 e. The van der Waals surface area contributed by atoms with Crippen LogP contribution < -0.4 is 5.59 Å². The van der Waals surface area contributed by atoms with Gasteiger partial charge in [0.15, 0.2) is 5.65 Å². The van der Waals surface area contributed by atoms with E-state index in [4.69, 9.17) is 0 Å². The topological polar surface area (TPSA) is 97.0 Å². The van der Waals surface area contributed by atoms with Gasteiger partial charge in [-0.25, -0.2) is 9.67 Å². The van der Waals surface area contributed by atoms with Crippen LogP contribution in [0, 0.1) is 0 Å². The highest BCUT2D eigenvalue weighted by Crippen LogP contribution is 2.15. The molecule has 2 N–H and O–H groups in total. The molecule has 3 heterocycles. The number of rotatable bonds is 3. The molecule has 0 amide bonds. The lowest BCUT2D eigenvalue weighted by Gasteiger charge is -2.05. The third kappa shape index (κ3) is 2.54. The van der Waals surface area contributed by atoms with Gasteiger partial charge in [-0.05, 0) is 35.9 Å². The first-order valence-electron chi connectivity index (χ1n) is 7.11. The molecule has 112 valence electrons. The highest BCUT2D eigenvalue weighted by atomic mass is 16.4. The van der Waals surface area contributed by atoms with Gasteiger partial charge in [0.2, 0.25) is 0 Å². The number of fused-ring (bicyclic) bond motifs is 2. The van der Waals surface area contributed by atoms with Crippen LogP contribution in [0.5, 0.6) is 0 Å². The molecule has 8 heteroatoms. The second-order valence-electron chi connectivity index (χ2n) is 5.23. The molecule has 23 heavy (non-hydrogen) atoms. The minimum Gasteiger partial charge on any atom is -0.422 e. The van der Waals surface area contributed by atoms with E-state index in [1.54, 1.807) is 16.9 Å². The lowest BCUT2D eigenvalue weighted by Crippen LogP contribution is -2.32. The molecule has 0 saturated heterocycles. The summed E-state index contributed by atoms with van der Waals surface area (Å²) in [5, 5.41) is 27.7. The van der Waals surface area contributed by atoms with Crippen molar-refractivity contribution in [2.45, 2.75) is 6.54 Å². The van der Waals surface area contributed by atoms with E-state index < -0.39 is 7.12 Å². The maximum atomic E-state index is 9.26. The Morgan fingerprint density at radius 3 is 2.78 bits per heavy atom. The summed E-state index contributed by atoms with van der Waals surface area (Å²) in [5.41, 5.74) is 3.26. The van der Waals surface area contributed by atoms with Crippen LogP contribution in [0.4, 0.5) is 0 Å². The largest absolute Gasteiger partial charge is 0.508 e. The first-order chi connectivity index (χ1) is 11.2. The van der Waals surface area contributed by atoms with E-state index in [2.05, 4.69) is 20.3 Å². The average Bonchev–Trinajstić information content (AvgIpc) is 2.97. The van der Waals surface area contributed by atoms with E-state index in [1.165, 1.54) is 6.07 Å². The second-order valence-corrected chi connectivity index (χ2v) is 5.23. The molecule has 0 aliphatic rings. The van der Waals surface area contributed by atoms with Gasteiger partial charge in [-0.2, -0.15) is 0 Å². The molecule has 0 fully saturated rings. The first kappa shape index (κ1) is 13.8. The quantitative estimate of drug-likeness (QED) is 0.521. The van der Waals surface area contributed by atoms with Crippen LogP contribution in [0.25, 0.3) is 22.1 Å². The molecule has 0 saturated carbocycles. The van der Waals surface area contributed by atoms with Gasteiger partial charge >= 0.3 is 7.12 Å². The lowest BCUT2D eigenvalue weighted by molar-refractivity contribution is 0.424. The van der Waals surface area contributed by atoms with E-state index in [-0.39, 0.29) is 5.59 Å². The van der Waals surface area contributed by atoms with E-state index in [0.29, 0.717) is 17.7 Å². The van der Waals surface area contributed by atoms with Gasteiger partial charge in [-0.1, -0.05) is 17.3 Å². The molecule has 0 bridgehead atoms. The van der Waals surface area contributed by atoms with Gasteiger partial charge in [-0.3, -0.25) is 4.98 Å². The zero-order valence-corrected chi connectivity index (χ0v) is 12.0. The van der Waals surface area contributed by atoms with Crippen LogP contribution in [-0.4, -0.2) is 42.1 Å². The molecule has 0 unspecified atom stereocenters. The molecule has 4 rings (SSSR count). The summed E-state index contributed by atoms with van der Waals surface area (Å²) in [6, 6.07) is 13.1. The SMILES string of the molecule is OB(O)c1ccc2nnn(Cc3ccc4ncccc4c3)c2n1. The maximum absolute atomic E-state index is 9.26. The summed E-state index contributed by atoms with van der Waals surface area (Å²) in [7, 11) is -1.62. The summed E-state index contributed by atoms with van der Waals surface area (Å²) in [6.45, 7) is 0.485. The number of hydrogen-bond acceptors (Lipinski definition) is 6. The Balaban J connectivity index is 1.74. The number of pyridine rings is 2. The Hall–Kier alpha value is -2.84. The van der Waals surface area contributed by atoms with E-state index in [1.807, 2.05) is 30.3 Å². The Morgan fingerprint density at radius 1 is 1.04 bits per heavy atom. The average molecular weight is 305 g/mol. The number of hydrogen-bond donors (Lipinski definition) is 2. The van der Waals surface area contributed by atoms with Crippen molar-refractivity contribution in [2.24, 2.45) is 0 Å². The Bertz CT molecular complexity index is 1000. The minimum absolute atomic E-state index is 0.170. The molecule has 1 aromatic carbocycles. The predicted octanol–water partition coefficient (Wildman–Crippen LogP) is 0.103. The van der Waals surface area contributed by atoms with Crippen molar-refractivity contribution in [1.82, 2.24) is 25.0 Å². The molecule has 0 aliphatic heterocycles. The van der Waals surface area contributed by atoms with Crippen LogP contribution in [-0.2, 0) is 6.54 Å². The van der Waals surface area contributed by atoms with Crippen LogP contribution in [0.15, 0.2) is 48.7 Å². The lowest BCUT2D eigenvalue weighted by atomic mass is 9.86. The van der Waals surface area contributed by atoms with Crippen molar-refractivity contribution in [1.29, 1.82) is 0 Å². The van der Waals surface area contributed by atoms with Crippen LogP contribution in [0.2, 0.25) is 0 Å². The normalized spacial score (nSPS) is 11.2. The van der Waals surface area contributed by atoms with E-state index in [9.17, 15) is 10.0 Å². The number of nitrogens with zero attached hydrogens (tertiary/aromatic N) is 5. The fourth-order valence-electron chi connectivity index (χ4n) is 2.51. The summed E-state index contributed by atoms with van der Waals surface area (Å²) >= 11 is 0. The number of benzene rings is 1. The Kier molecular flexibility index (Phi) is 3.25. The molecular weight excluding hydrogens is 293 g/mol. The Labute approximate surface area is 131 Å². The van der Waals surface area contributed by atoms with Crippen molar-refractivity contribution in [3.05, 3.63) is 54.2 Å². The molecule has 7 nitrogen and oxygen atoms in total. The van der Waals surface area contributed by atoms with Crippen molar-refractivity contribution in [3.63, 3.8) is 0 Å². The van der Waals surface area contributed by atoms with E-state index >= 15 is 0 Å². The van der Waals surface area contributed by atoms with Gasteiger partial charge in [0.25, 0.3) is 0 Å². The van der Waals surface area contributed by atoms with Gasteiger partial charge < -0.3 is 10.0 Å². The first-order valence-corrected chi connectivity index (χ1v) is 7.11. The standard InChI is InChI=1S/C15H12BN5O2/c22-16(23)14-6-5-13-15(18-14)21(20-19-13)9-10-3-4-12-11(8-10)2-1-7-17-12/h1-8,22-23H,9H2. The van der Waals surface area contributed by atoms with Gasteiger partial charge in [0.05, 0.1) is 17.7 Å². The van der Waals surface area contributed by atoms with Crippen LogP contribution in [0.1, 0.15) is 5.56 Å². The highest BCUT2D eigenvalue weighted by molar-refractivity contribution is 6.57. The predicted molar refractivity (Wildman–Crippen MR) is 86.0 cm³/mol. The number of aromatic nitrogens is 5. The second kappa shape index (κ2) is 5.42. The summed E-state index contributed by atoms with van der Waals surface area (Å²) < 4.78 is 1.64. The van der Waals surface area contributed by atoms with Gasteiger partial charge in [0.1, 0.15) is 5.52 Å². The fourth-order valence-corrected chi connectivity index (χ4v) is 2.51. The third-order valence-corrected chi connectivity index (χ3v) is 3.65. The third-order valence-electron chi connectivity index (χ3n) is 3.65. The minimum atomic E-state index is -1.62. The zero-order chi connectivity index (χ0) is 15.8. The van der Waals surface area contributed by atoms with Crippen molar-refractivity contribution in [2.75, 3.05) is 0 Å². The highest BCUT2D eigenvalue weighted by Gasteiger charge is 2.15. The van der Waals surface area contributed by atoms with Crippen LogP contribution >= 0.6 is 0 Å². The molecule has 3 aromatic heterocycles.